The average Bonchev–Trinajstić information content (AvgIpc) is 2.78. The van der Waals surface area contributed by atoms with Crippen molar-refractivity contribution in [2.24, 2.45) is 5.84 Å². The van der Waals surface area contributed by atoms with Gasteiger partial charge in [-0.2, -0.15) is 0 Å². The standard InChI is InChI=1S/C9H8BrFN4S/c10-5-1-2-7(11)6(3-5)9(13-12)8-4-16-15-14-8/h1-4,9,13H,12H2. The van der Waals surface area contributed by atoms with Gasteiger partial charge in [0.2, 0.25) is 0 Å². The number of aromatic nitrogens is 2. The number of nitrogens with one attached hydrogen (secondary N) is 1. The molecule has 4 nitrogen and oxygen atoms in total. The Morgan fingerprint density at radius 2 is 2.31 bits per heavy atom. The van der Waals surface area contributed by atoms with Gasteiger partial charge in [-0.15, -0.1) is 5.10 Å². The fourth-order valence-corrected chi connectivity index (χ4v) is 2.23. The summed E-state index contributed by atoms with van der Waals surface area (Å²) in [5, 5.41) is 5.61. The lowest BCUT2D eigenvalue weighted by atomic mass is 10.0. The summed E-state index contributed by atoms with van der Waals surface area (Å²) in [6, 6.07) is 4.19. The van der Waals surface area contributed by atoms with E-state index < -0.39 is 6.04 Å². The molecule has 1 unspecified atom stereocenters. The highest BCUT2D eigenvalue weighted by Crippen LogP contribution is 2.25. The van der Waals surface area contributed by atoms with Gasteiger partial charge in [0, 0.05) is 15.4 Å². The molecule has 0 radical (unpaired) electrons. The summed E-state index contributed by atoms with van der Waals surface area (Å²) in [5.74, 6) is 5.09. The molecule has 1 aromatic carbocycles. The highest BCUT2D eigenvalue weighted by molar-refractivity contribution is 9.10. The van der Waals surface area contributed by atoms with Crippen molar-refractivity contribution < 1.29 is 4.39 Å². The van der Waals surface area contributed by atoms with Crippen LogP contribution in [0.5, 0.6) is 0 Å². The monoisotopic (exact) mass is 302 g/mol. The molecule has 7 heteroatoms. The van der Waals surface area contributed by atoms with Crippen LogP contribution in [0.15, 0.2) is 28.1 Å². The smallest absolute Gasteiger partial charge is 0.128 e. The summed E-state index contributed by atoms with van der Waals surface area (Å²) in [7, 11) is 0. The van der Waals surface area contributed by atoms with Gasteiger partial charge in [-0.1, -0.05) is 20.4 Å². The molecular formula is C9H8BrFN4S. The molecule has 84 valence electrons. The maximum Gasteiger partial charge on any atom is 0.128 e. The molecule has 0 saturated heterocycles. The molecule has 0 saturated carbocycles. The quantitative estimate of drug-likeness (QED) is 0.672. The Labute approximate surface area is 104 Å². The third kappa shape index (κ3) is 2.27. The van der Waals surface area contributed by atoms with Gasteiger partial charge in [-0.25, -0.2) is 9.82 Å². The van der Waals surface area contributed by atoms with Crippen LogP contribution in [-0.2, 0) is 0 Å². The molecule has 0 aliphatic carbocycles. The maximum absolute atomic E-state index is 13.6. The van der Waals surface area contributed by atoms with Crippen LogP contribution in [0.3, 0.4) is 0 Å². The van der Waals surface area contributed by atoms with Crippen LogP contribution in [0.4, 0.5) is 4.39 Å². The van der Waals surface area contributed by atoms with Crippen LogP contribution in [-0.4, -0.2) is 9.59 Å². The van der Waals surface area contributed by atoms with Crippen LogP contribution < -0.4 is 11.3 Å². The van der Waals surface area contributed by atoms with Crippen molar-refractivity contribution in [2.45, 2.75) is 6.04 Å². The molecule has 1 heterocycles. The summed E-state index contributed by atoms with van der Waals surface area (Å²) in [5.41, 5.74) is 3.57. The lowest BCUT2D eigenvalue weighted by Gasteiger charge is -2.14. The van der Waals surface area contributed by atoms with E-state index in [0.717, 1.165) is 4.47 Å². The molecule has 0 amide bonds. The Kier molecular flexibility index (Phi) is 3.59. The summed E-state index contributed by atoms with van der Waals surface area (Å²) in [6.45, 7) is 0. The van der Waals surface area contributed by atoms with Gasteiger partial charge in [0.05, 0.1) is 11.7 Å². The Morgan fingerprint density at radius 1 is 1.50 bits per heavy atom. The van der Waals surface area contributed by atoms with Gasteiger partial charge in [-0.05, 0) is 29.7 Å². The molecule has 1 aromatic heterocycles. The predicted molar refractivity (Wildman–Crippen MR) is 63.2 cm³/mol. The third-order valence-electron chi connectivity index (χ3n) is 2.11. The first kappa shape index (κ1) is 11.6. The van der Waals surface area contributed by atoms with Crippen molar-refractivity contribution in [1.82, 2.24) is 15.0 Å². The van der Waals surface area contributed by atoms with E-state index in [1.807, 2.05) is 0 Å². The van der Waals surface area contributed by atoms with Crippen molar-refractivity contribution in [3.63, 3.8) is 0 Å². The molecule has 0 spiro atoms. The van der Waals surface area contributed by atoms with Crippen molar-refractivity contribution in [1.29, 1.82) is 0 Å². The second-order valence-electron chi connectivity index (χ2n) is 3.10. The van der Waals surface area contributed by atoms with E-state index >= 15 is 0 Å². The molecule has 0 aliphatic rings. The second kappa shape index (κ2) is 4.96. The Morgan fingerprint density at radius 3 is 2.94 bits per heavy atom. The number of halogens is 2. The third-order valence-corrected chi connectivity index (χ3v) is 3.12. The summed E-state index contributed by atoms with van der Waals surface area (Å²) in [4.78, 5) is 0. The fraction of sp³-hybridized carbons (Fsp3) is 0.111. The van der Waals surface area contributed by atoms with Gasteiger partial charge < -0.3 is 0 Å². The number of hydrogen-bond donors (Lipinski definition) is 2. The number of rotatable bonds is 3. The summed E-state index contributed by atoms with van der Waals surface area (Å²) >= 11 is 4.49. The van der Waals surface area contributed by atoms with Crippen LogP contribution >= 0.6 is 27.5 Å². The van der Waals surface area contributed by atoms with Gasteiger partial charge in [0.25, 0.3) is 0 Å². The zero-order valence-corrected chi connectivity index (χ0v) is 10.4. The minimum absolute atomic E-state index is 0.334. The second-order valence-corrected chi connectivity index (χ2v) is 4.62. The van der Waals surface area contributed by atoms with E-state index in [-0.39, 0.29) is 5.82 Å². The zero-order valence-electron chi connectivity index (χ0n) is 8.02. The minimum atomic E-state index is -0.490. The number of nitrogens with two attached hydrogens (primary N) is 1. The summed E-state index contributed by atoms with van der Waals surface area (Å²) < 4.78 is 18.2. The SMILES string of the molecule is NNC(c1csnn1)c1cc(Br)ccc1F. The lowest BCUT2D eigenvalue weighted by molar-refractivity contribution is 0.552. The predicted octanol–water partition coefficient (Wildman–Crippen LogP) is 1.99. The van der Waals surface area contributed by atoms with E-state index in [4.69, 9.17) is 5.84 Å². The molecule has 0 aliphatic heterocycles. The molecule has 0 fully saturated rings. The summed E-state index contributed by atoms with van der Waals surface area (Å²) in [6.07, 6.45) is 0. The Hall–Kier alpha value is -0.890. The minimum Gasteiger partial charge on any atom is -0.271 e. The fourth-order valence-electron chi connectivity index (χ4n) is 1.37. The number of benzene rings is 1. The zero-order chi connectivity index (χ0) is 11.5. The first-order valence-electron chi connectivity index (χ1n) is 4.40. The van der Waals surface area contributed by atoms with Crippen molar-refractivity contribution in [3.8, 4) is 0 Å². The van der Waals surface area contributed by atoms with Crippen LogP contribution in [0.2, 0.25) is 0 Å². The van der Waals surface area contributed by atoms with E-state index in [1.54, 1.807) is 17.5 Å². The Bertz CT molecular complexity index is 476. The average molecular weight is 303 g/mol. The maximum atomic E-state index is 13.6. The molecular weight excluding hydrogens is 295 g/mol. The van der Waals surface area contributed by atoms with E-state index in [2.05, 4.69) is 30.9 Å². The largest absolute Gasteiger partial charge is 0.271 e. The first-order valence-corrected chi connectivity index (χ1v) is 6.03. The van der Waals surface area contributed by atoms with Crippen LogP contribution in [0, 0.1) is 5.82 Å². The highest BCUT2D eigenvalue weighted by atomic mass is 79.9. The van der Waals surface area contributed by atoms with Gasteiger partial charge >= 0.3 is 0 Å². The van der Waals surface area contributed by atoms with Gasteiger partial charge in [-0.3, -0.25) is 5.84 Å². The molecule has 2 aromatic rings. The number of hydrogen-bond acceptors (Lipinski definition) is 5. The molecule has 0 bridgehead atoms. The van der Waals surface area contributed by atoms with E-state index in [9.17, 15) is 4.39 Å². The number of hydrazine groups is 1. The molecule has 3 N–H and O–H groups in total. The van der Waals surface area contributed by atoms with Crippen molar-refractivity contribution in [2.75, 3.05) is 0 Å². The van der Waals surface area contributed by atoms with E-state index in [0.29, 0.717) is 11.3 Å². The normalized spacial score (nSPS) is 12.7. The molecule has 16 heavy (non-hydrogen) atoms. The molecule has 2 rings (SSSR count). The van der Waals surface area contributed by atoms with Gasteiger partial charge in [0.15, 0.2) is 0 Å². The van der Waals surface area contributed by atoms with E-state index in [1.165, 1.54) is 17.6 Å². The first-order chi connectivity index (χ1) is 7.72. The topological polar surface area (TPSA) is 63.8 Å². The lowest BCUT2D eigenvalue weighted by Crippen LogP contribution is -2.29. The Balaban J connectivity index is 2.44. The van der Waals surface area contributed by atoms with Crippen molar-refractivity contribution >= 4 is 27.5 Å². The molecule has 1 atom stereocenters. The van der Waals surface area contributed by atoms with Gasteiger partial charge in [0.1, 0.15) is 5.82 Å². The van der Waals surface area contributed by atoms with Crippen molar-refractivity contribution in [3.05, 3.63) is 45.1 Å². The van der Waals surface area contributed by atoms with Crippen LogP contribution in [0.1, 0.15) is 17.3 Å². The van der Waals surface area contributed by atoms with Crippen LogP contribution in [0.25, 0.3) is 0 Å². The number of nitrogens with zero attached hydrogens (tertiary/aromatic N) is 2. The highest BCUT2D eigenvalue weighted by Gasteiger charge is 2.19.